The first-order chi connectivity index (χ1) is 17.6. The van der Waals surface area contributed by atoms with Crippen molar-refractivity contribution >= 4 is 21.6 Å². The Hall–Kier alpha value is -2.86. The number of thiophene rings is 1. The number of nitrogens with zero attached hydrogens (tertiary/aromatic N) is 2. The number of methoxy groups -OCH3 is 1. The lowest BCUT2D eigenvalue weighted by molar-refractivity contribution is 0.106. The minimum absolute atomic E-state index is 0.0624. The van der Waals surface area contributed by atoms with E-state index in [1.807, 2.05) is 16.7 Å². The average molecular weight is 501 g/mol. The Morgan fingerprint density at radius 2 is 2.19 bits per heavy atom. The normalized spacial score (nSPS) is 26.3. The van der Waals surface area contributed by atoms with E-state index in [2.05, 4.69) is 25.1 Å². The molecule has 4 unspecified atom stereocenters. The van der Waals surface area contributed by atoms with Gasteiger partial charge in [-0.1, -0.05) is 13.0 Å². The van der Waals surface area contributed by atoms with E-state index in [9.17, 15) is 4.79 Å². The van der Waals surface area contributed by atoms with Crippen LogP contribution in [0, 0.1) is 11.8 Å². The summed E-state index contributed by atoms with van der Waals surface area (Å²) in [6, 6.07) is 10.6. The molecule has 3 aromatic heterocycles. The molecule has 0 spiro atoms. The van der Waals surface area contributed by atoms with Crippen molar-refractivity contribution in [2.45, 2.75) is 69.7 Å². The number of hydrogen-bond acceptors (Lipinski definition) is 5. The number of benzene rings is 1. The third kappa shape index (κ3) is 3.26. The second-order valence-corrected chi connectivity index (χ2v) is 12.2. The van der Waals surface area contributed by atoms with E-state index in [-0.39, 0.29) is 11.0 Å². The predicted octanol–water partition coefficient (Wildman–Crippen LogP) is 6.26. The molecule has 0 N–H and O–H groups in total. The third-order valence-corrected chi connectivity index (χ3v) is 10.6. The molecule has 4 atom stereocenters. The highest BCUT2D eigenvalue weighted by molar-refractivity contribution is 7.18. The van der Waals surface area contributed by atoms with E-state index in [0.717, 1.165) is 53.8 Å². The molecular weight excluding hydrogens is 468 g/mol. The molecule has 1 saturated carbocycles. The SMILES string of the molecule is COc1ccc2c(c1)CCC1C2CCC2(C)c3c(sc4ncn(CCCc5ccco5)c(=O)c34)CC12. The van der Waals surface area contributed by atoms with Gasteiger partial charge >= 0.3 is 0 Å². The molecule has 0 aliphatic heterocycles. The first kappa shape index (κ1) is 22.3. The number of rotatable bonds is 5. The lowest BCUT2D eigenvalue weighted by Crippen LogP contribution is -2.43. The van der Waals surface area contributed by atoms with Gasteiger partial charge in [0.05, 0.1) is 25.1 Å². The van der Waals surface area contributed by atoms with Crippen molar-refractivity contribution < 1.29 is 9.15 Å². The van der Waals surface area contributed by atoms with Crippen molar-refractivity contribution in [1.29, 1.82) is 0 Å². The van der Waals surface area contributed by atoms with Crippen molar-refractivity contribution in [3.63, 3.8) is 0 Å². The molecule has 0 amide bonds. The fourth-order valence-corrected chi connectivity index (χ4v) is 9.08. The topological polar surface area (TPSA) is 57.3 Å². The summed E-state index contributed by atoms with van der Waals surface area (Å²) >= 11 is 1.77. The van der Waals surface area contributed by atoms with Crippen LogP contribution in [0.15, 0.2) is 52.1 Å². The molecule has 0 saturated heterocycles. The number of ether oxygens (including phenoxy) is 1. The Bertz CT molecular complexity index is 1500. The minimum atomic E-state index is 0.0624. The van der Waals surface area contributed by atoms with Gasteiger partial charge in [-0.05, 0) is 103 Å². The van der Waals surface area contributed by atoms with Crippen LogP contribution in [0.5, 0.6) is 5.75 Å². The standard InChI is InChI=1S/C30H32N2O3S/c1-30-12-11-22-21-10-8-20(34-2)15-18(21)7-9-23(22)24(30)16-25-27(30)26-28(36-25)31-17-32(29(26)33)13-3-5-19-6-4-14-35-19/h4,6,8,10,14-15,17,22-24H,3,5,7,9,11-13,16H2,1-2H3. The van der Waals surface area contributed by atoms with Crippen LogP contribution in [0.4, 0.5) is 0 Å². The van der Waals surface area contributed by atoms with E-state index in [4.69, 9.17) is 14.1 Å². The molecule has 186 valence electrons. The van der Waals surface area contributed by atoms with Crippen molar-refractivity contribution in [3.05, 3.63) is 80.6 Å². The Morgan fingerprint density at radius 1 is 1.28 bits per heavy atom. The van der Waals surface area contributed by atoms with Crippen LogP contribution in [0.25, 0.3) is 10.2 Å². The van der Waals surface area contributed by atoms with E-state index in [0.29, 0.717) is 24.3 Å². The van der Waals surface area contributed by atoms with Gasteiger partial charge in [-0.15, -0.1) is 11.3 Å². The molecule has 0 bridgehead atoms. The third-order valence-electron chi connectivity index (χ3n) is 9.45. The molecule has 7 rings (SSSR count). The van der Waals surface area contributed by atoms with Crippen molar-refractivity contribution in [3.8, 4) is 5.75 Å². The lowest BCUT2D eigenvalue weighted by Gasteiger charge is -2.49. The van der Waals surface area contributed by atoms with E-state index >= 15 is 0 Å². The second kappa shape index (κ2) is 8.34. The first-order valence-corrected chi connectivity index (χ1v) is 14.1. The Labute approximate surface area is 215 Å². The van der Waals surface area contributed by atoms with Crippen LogP contribution in [-0.2, 0) is 31.2 Å². The smallest absolute Gasteiger partial charge is 0.262 e. The highest BCUT2D eigenvalue weighted by Crippen LogP contribution is 2.62. The predicted molar refractivity (Wildman–Crippen MR) is 142 cm³/mol. The first-order valence-electron chi connectivity index (χ1n) is 13.3. The van der Waals surface area contributed by atoms with Crippen molar-refractivity contribution in [2.75, 3.05) is 7.11 Å². The minimum Gasteiger partial charge on any atom is -0.497 e. The lowest BCUT2D eigenvalue weighted by atomic mass is 9.55. The van der Waals surface area contributed by atoms with Gasteiger partial charge in [0.15, 0.2) is 0 Å². The van der Waals surface area contributed by atoms with Crippen LogP contribution in [-0.4, -0.2) is 16.7 Å². The maximum absolute atomic E-state index is 13.8. The van der Waals surface area contributed by atoms with Crippen LogP contribution in [0.2, 0.25) is 0 Å². The van der Waals surface area contributed by atoms with Gasteiger partial charge in [0.2, 0.25) is 0 Å². The zero-order valence-electron chi connectivity index (χ0n) is 21.0. The van der Waals surface area contributed by atoms with Gasteiger partial charge in [-0.2, -0.15) is 0 Å². The Morgan fingerprint density at radius 3 is 3.03 bits per heavy atom. The summed E-state index contributed by atoms with van der Waals surface area (Å²) in [5.41, 5.74) is 4.55. The highest BCUT2D eigenvalue weighted by atomic mass is 32.1. The Kier molecular flexibility index (Phi) is 5.18. The zero-order chi connectivity index (χ0) is 24.4. The van der Waals surface area contributed by atoms with Gasteiger partial charge in [0, 0.05) is 17.8 Å². The van der Waals surface area contributed by atoms with Gasteiger partial charge in [0.25, 0.3) is 5.56 Å². The zero-order valence-corrected chi connectivity index (χ0v) is 21.8. The summed E-state index contributed by atoms with van der Waals surface area (Å²) in [7, 11) is 1.75. The molecule has 1 aromatic carbocycles. The maximum atomic E-state index is 13.8. The fraction of sp³-hybridized carbons (Fsp3) is 0.467. The molecule has 5 nitrogen and oxygen atoms in total. The number of hydrogen-bond donors (Lipinski definition) is 0. The van der Waals surface area contributed by atoms with Gasteiger partial charge < -0.3 is 9.15 Å². The van der Waals surface area contributed by atoms with Crippen molar-refractivity contribution in [1.82, 2.24) is 9.55 Å². The van der Waals surface area contributed by atoms with Gasteiger partial charge in [-0.25, -0.2) is 4.98 Å². The molecule has 3 heterocycles. The summed E-state index contributed by atoms with van der Waals surface area (Å²) in [6.07, 6.45) is 10.9. The molecule has 3 aliphatic carbocycles. The summed E-state index contributed by atoms with van der Waals surface area (Å²) < 4.78 is 12.8. The molecule has 36 heavy (non-hydrogen) atoms. The van der Waals surface area contributed by atoms with Crippen LogP contribution in [0.1, 0.15) is 65.9 Å². The van der Waals surface area contributed by atoms with Crippen LogP contribution < -0.4 is 10.3 Å². The molecule has 3 aliphatic rings. The van der Waals surface area contributed by atoms with Crippen LogP contribution >= 0.6 is 11.3 Å². The quantitative estimate of drug-likeness (QED) is 0.324. The summed E-state index contributed by atoms with van der Waals surface area (Å²) in [5.74, 6) is 3.83. The van der Waals surface area contributed by atoms with Crippen molar-refractivity contribution in [2.24, 2.45) is 11.8 Å². The highest BCUT2D eigenvalue weighted by Gasteiger charge is 2.54. The number of furan rings is 1. The second-order valence-electron chi connectivity index (χ2n) is 11.1. The Balaban J connectivity index is 1.21. The molecule has 6 heteroatoms. The molecule has 4 aromatic rings. The fourth-order valence-electron chi connectivity index (χ4n) is 7.75. The molecule has 1 fully saturated rings. The average Bonchev–Trinajstić information content (AvgIpc) is 3.60. The summed E-state index contributed by atoms with van der Waals surface area (Å²) in [6.45, 7) is 3.11. The summed E-state index contributed by atoms with van der Waals surface area (Å²) in [5, 5.41) is 0.903. The number of aromatic nitrogens is 2. The molecule has 0 radical (unpaired) electrons. The monoisotopic (exact) mass is 500 g/mol. The van der Waals surface area contributed by atoms with Gasteiger partial charge in [0.1, 0.15) is 16.3 Å². The molecular formula is C30H32N2O3S. The van der Waals surface area contributed by atoms with E-state index in [1.54, 1.807) is 31.0 Å². The number of aryl methyl sites for hydroxylation is 3. The van der Waals surface area contributed by atoms with E-state index < -0.39 is 0 Å². The van der Waals surface area contributed by atoms with Crippen LogP contribution in [0.3, 0.4) is 0 Å². The maximum Gasteiger partial charge on any atom is 0.262 e. The van der Waals surface area contributed by atoms with E-state index in [1.165, 1.54) is 34.4 Å². The largest absolute Gasteiger partial charge is 0.497 e. The van der Waals surface area contributed by atoms with Gasteiger partial charge in [-0.3, -0.25) is 9.36 Å². The number of fused-ring (bicyclic) bond motifs is 9. The summed E-state index contributed by atoms with van der Waals surface area (Å²) in [4.78, 5) is 20.9.